The van der Waals surface area contributed by atoms with Crippen LogP contribution in [0.4, 0.5) is 26.1 Å². The molecule has 7 heteroatoms. The van der Waals surface area contributed by atoms with Crippen LogP contribution in [0.5, 0.6) is 0 Å². The van der Waals surface area contributed by atoms with E-state index in [0.717, 1.165) is 0 Å². The van der Waals surface area contributed by atoms with E-state index < -0.39 is 11.6 Å². The summed E-state index contributed by atoms with van der Waals surface area (Å²) in [5.74, 6) is 4.76. The average Bonchev–Trinajstić information content (AvgIpc) is 2.47. The van der Waals surface area contributed by atoms with Crippen LogP contribution in [0.1, 0.15) is 18.1 Å². The van der Waals surface area contributed by atoms with E-state index >= 15 is 0 Å². The summed E-state index contributed by atoms with van der Waals surface area (Å²) in [6, 6.07) is 2.58. The number of hydrazine groups is 1. The van der Waals surface area contributed by atoms with Crippen molar-refractivity contribution in [1.29, 1.82) is 0 Å². The van der Waals surface area contributed by atoms with Crippen molar-refractivity contribution in [2.24, 2.45) is 5.84 Å². The Morgan fingerprint density at radius 3 is 2.55 bits per heavy atom. The molecule has 0 radical (unpaired) electrons. The molecule has 0 aliphatic heterocycles. The number of hydrogen-bond donors (Lipinski definition) is 3. The number of nitrogens with one attached hydrogen (secondary N) is 2. The molecule has 0 spiro atoms. The molecule has 20 heavy (non-hydrogen) atoms. The van der Waals surface area contributed by atoms with Gasteiger partial charge in [-0.1, -0.05) is 13.0 Å². The zero-order chi connectivity index (χ0) is 14.7. The second-order valence-corrected chi connectivity index (χ2v) is 4.23. The van der Waals surface area contributed by atoms with Gasteiger partial charge in [-0.3, -0.25) is 0 Å². The van der Waals surface area contributed by atoms with Gasteiger partial charge in [0.1, 0.15) is 29.5 Å². The van der Waals surface area contributed by atoms with Gasteiger partial charge in [0.25, 0.3) is 0 Å². The molecule has 2 rings (SSSR count). The van der Waals surface area contributed by atoms with E-state index in [0.29, 0.717) is 29.2 Å². The zero-order valence-electron chi connectivity index (χ0n) is 11.2. The molecular formula is C13H15F2N5. The quantitative estimate of drug-likeness (QED) is 0.592. The summed E-state index contributed by atoms with van der Waals surface area (Å²) in [6.45, 7) is 3.43. The van der Waals surface area contributed by atoms with Crippen molar-refractivity contribution in [3.63, 3.8) is 0 Å². The first-order valence-electron chi connectivity index (χ1n) is 6.10. The fourth-order valence-corrected chi connectivity index (χ4v) is 1.87. The van der Waals surface area contributed by atoms with Gasteiger partial charge in [0.2, 0.25) is 0 Å². The highest BCUT2D eigenvalue weighted by Gasteiger charge is 2.15. The largest absolute Gasteiger partial charge is 0.335 e. The Hall–Kier alpha value is -2.28. The molecule has 5 nitrogen and oxygen atoms in total. The molecule has 1 aromatic carbocycles. The molecule has 0 atom stereocenters. The topological polar surface area (TPSA) is 75.9 Å². The van der Waals surface area contributed by atoms with Crippen molar-refractivity contribution in [2.45, 2.75) is 20.3 Å². The minimum Gasteiger partial charge on any atom is -0.335 e. The van der Waals surface area contributed by atoms with Gasteiger partial charge in [-0.25, -0.2) is 24.6 Å². The molecule has 1 aromatic heterocycles. The number of benzene rings is 1. The number of nitrogens with zero attached hydrogens (tertiary/aromatic N) is 2. The molecule has 2 aromatic rings. The number of aryl methyl sites for hydroxylation is 1. The highest BCUT2D eigenvalue weighted by molar-refractivity contribution is 5.65. The smallest absolute Gasteiger partial charge is 0.152 e. The molecule has 106 valence electrons. The van der Waals surface area contributed by atoms with Crippen LogP contribution in [0.3, 0.4) is 0 Å². The second-order valence-electron chi connectivity index (χ2n) is 4.23. The van der Waals surface area contributed by atoms with Gasteiger partial charge in [0.15, 0.2) is 5.82 Å². The number of rotatable bonds is 4. The Morgan fingerprint density at radius 2 is 1.90 bits per heavy atom. The lowest BCUT2D eigenvalue weighted by molar-refractivity contribution is 0.584. The lowest BCUT2D eigenvalue weighted by atomic mass is 10.1. The predicted molar refractivity (Wildman–Crippen MR) is 73.6 cm³/mol. The van der Waals surface area contributed by atoms with Crippen molar-refractivity contribution in [2.75, 3.05) is 10.7 Å². The number of nitrogens with two attached hydrogens (primary N) is 1. The number of hydrogen-bond acceptors (Lipinski definition) is 5. The highest BCUT2D eigenvalue weighted by atomic mass is 19.1. The number of nitrogen functional groups attached to an aromatic ring is 1. The van der Waals surface area contributed by atoms with Crippen LogP contribution >= 0.6 is 0 Å². The lowest BCUT2D eigenvalue weighted by Gasteiger charge is -2.14. The summed E-state index contributed by atoms with van der Waals surface area (Å²) in [4.78, 5) is 7.97. The standard InChI is InChI=1S/C13H15F2N5/c1-3-8-12(17-6-18-13(8)20-16)19-11-9(14)5-4-7(2)10(11)15/h4-6H,3,16H2,1-2H3,(H2,17,18,19,20). The molecule has 0 amide bonds. The molecule has 0 saturated carbocycles. The van der Waals surface area contributed by atoms with Crippen LogP contribution in [-0.4, -0.2) is 9.97 Å². The maximum absolute atomic E-state index is 14.0. The summed E-state index contributed by atoms with van der Waals surface area (Å²) < 4.78 is 27.7. The van der Waals surface area contributed by atoms with Crippen LogP contribution in [0, 0.1) is 18.6 Å². The summed E-state index contributed by atoms with van der Waals surface area (Å²) in [5.41, 5.74) is 3.19. The fourth-order valence-electron chi connectivity index (χ4n) is 1.87. The molecule has 1 heterocycles. The summed E-state index contributed by atoms with van der Waals surface area (Å²) in [6.07, 6.45) is 1.82. The lowest BCUT2D eigenvalue weighted by Crippen LogP contribution is -2.13. The van der Waals surface area contributed by atoms with E-state index in [1.807, 2.05) is 6.92 Å². The normalized spacial score (nSPS) is 10.4. The minimum absolute atomic E-state index is 0.235. The van der Waals surface area contributed by atoms with Gasteiger partial charge in [-0.2, -0.15) is 0 Å². The van der Waals surface area contributed by atoms with Gasteiger partial charge in [-0.05, 0) is 25.0 Å². The van der Waals surface area contributed by atoms with Crippen LogP contribution in [0.25, 0.3) is 0 Å². The monoisotopic (exact) mass is 279 g/mol. The molecule has 0 bridgehead atoms. The first-order chi connectivity index (χ1) is 9.58. The van der Waals surface area contributed by atoms with E-state index in [4.69, 9.17) is 5.84 Å². The maximum atomic E-state index is 14.0. The molecule has 0 aliphatic rings. The molecule has 0 saturated heterocycles. The van der Waals surface area contributed by atoms with Crippen molar-refractivity contribution in [1.82, 2.24) is 9.97 Å². The summed E-state index contributed by atoms with van der Waals surface area (Å²) >= 11 is 0. The van der Waals surface area contributed by atoms with Crippen LogP contribution < -0.4 is 16.6 Å². The number of anilines is 3. The molecule has 0 aliphatic carbocycles. The molecule has 0 unspecified atom stereocenters. The Labute approximate surface area is 115 Å². The zero-order valence-corrected chi connectivity index (χ0v) is 11.2. The average molecular weight is 279 g/mol. The minimum atomic E-state index is -0.684. The van der Waals surface area contributed by atoms with Gasteiger partial charge < -0.3 is 10.7 Å². The maximum Gasteiger partial charge on any atom is 0.152 e. The van der Waals surface area contributed by atoms with Gasteiger partial charge in [-0.15, -0.1) is 0 Å². The summed E-state index contributed by atoms with van der Waals surface area (Å²) in [5, 5.41) is 2.68. The van der Waals surface area contributed by atoms with Gasteiger partial charge in [0, 0.05) is 5.56 Å². The molecule has 0 fully saturated rings. The molecular weight excluding hydrogens is 264 g/mol. The Morgan fingerprint density at radius 1 is 1.20 bits per heavy atom. The van der Waals surface area contributed by atoms with Crippen molar-refractivity contribution < 1.29 is 8.78 Å². The highest BCUT2D eigenvalue weighted by Crippen LogP contribution is 2.28. The first kappa shape index (κ1) is 14.1. The van der Waals surface area contributed by atoms with Crippen LogP contribution in [-0.2, 0) is 6.42 Å². The van der Waals surface area contributed by atoms with E-state index in [-0.39, 0.29) is 5.69 Å². The third-order valence-electron chi connectivity index (χ3n) is 2.96. The Bertz CT molecular complexity index is 630. The van der Waals surface area contributed by atoms with Gasteiger partial charge >= 0.3 is 0 Å². The van der Waals surface area contributed by atoms with E-state index in [2.05, 4.69) is 20.7 Å². The first-order valence-corrected chi connectivity index (χ1v) is 6.10. The van der Waals surface area contributed by atoms with Crippen molar-refractivity contribution in [3.8, 4) is 0 Å². The second kappa shape index (κ2) is 5.79. The summed E-state index contributed by atoms with van der Waals surface area (Å²) in [7, 11) is 0. The van der Waals surface area contributed by atoms with E-state index in [1.54, 1.807) is 6.92 Å². The van der Waals surface area contributed by atoms with E-state index in [1.165, 1.54) is 18.5 Å². The number of aromatic nitrogens is 2. The van der Waals surface area contributed by atoms with Crippen molar-refractivity contribution >= 4 is 17.3 Å². The molecule has 4 N–H and O–H groups in total. The Balaban J connectivity index is 2.48. The van der Waals surface area contributed by atoms with Crippen LogP contribution in [0.2, 0.25) is 0 Å². The van der Waals surface area contributed by atoms with E-state index in [9.17, 15) is 8.78 Å². The third kappa shape index (κ3) is 2.53. The van der Waals surface area contributed by atoms with Crippen LogP contribution in [0.15, 0.2) is 18.5 Å². The SMILES string of the molecule is CCc1c(NN)ncnc1Nc1c(F)ccc(C)c1F. The third-order valence-corrected chi connectivity index (χ3v) is 2.96. The van der Waals surface area contributed by atoms with Crippen molar-refractivity contribution in [3.05, 3.63) is 41.2 Å². The number of halogens is 2. The fraction of sp³-hybridized carbons (Fsp3) is 0.231. The van der Waals surface area contributed by atoms with Gasteiger partial charge in [0.05, 0.1) is 0 Å². The Kier molecular flexibility index (Phi) is 4.09. The predicted octanol–water partition coefficient (Wildman–Crippen LogP) is 2.65.